The molecule has 0 bridgehead atoms. The van der Waals surface area contributed by atoms with Crippen molar-refractivity contribution in [1.29, 1.82) is 0 Å². The van der Waals surface area contributed by atoms with Crippen LogP contribution in [0.3, 0.4) is 0 Å². The second-order valence-electron chi connectivity index (χ2n) is 5.48. The van der Waals surface area contributed by atoms with Gasteiger partial charge >= 0.3 is 0 Å². The lowest BCUT2D eigenvalue weighted by molar-refractivity contribution is -0.169. The first-order valence-corrected chi connectivity index (χ1v) is 8.67. The van der Waals surface area contributed by atoms with Crippen LogP contribution < -0.4 is 9.88 Å². The zero-order chi connectivity index (χ0) is 17.4. The van der Waals surface area contributed by atoms with Crippen LogP contribution >= 0.6 is 11.9 Å². The summed E-state index contributed by atoms with van der Waals surface area (Å²) in [7, 11) is 0. The quantitative estimate of drug-likeness (QED) is 0.645. The number of hydroxylamine groups is 2. The molecule has 3 N–H and O–H groups in total. The number of aryl methyl sites for hydroxylation is 1. The van der Waals surface area contributed by atoms with Crippen LogP contribution in [0.1, 0.15) is 24.8 Å². The maximum absolute atomic E-state index is 10.5. The topological polar surface area (TPSA) is 75.8 Å². The second-order valence-corrected chi connectivity index (χ2v) is 6.19. The Morgan fingerprint density at radius 3 is 2.08 bits per heavy atom. The first-order chi connectivity index (χ1) is 11.6. The van der Waals surface area contributed by atoms with Crippen molar-refractivity contribution in [3.05, 3.63) is 54.1 Å². The minimum atomic E-state index is -0.142. The number of hydrogen-bond donors (Lipinski definition) is 2. The van der Waals surface area contributed by atoms with E-state index in [1.54, 1.807) is 0 Å². The van der Waals surface area contributed by atoms with E-state index in [2.05, 4.69) is 6.92 Å². The van der Waals surface area contributed by atoms with Gasteiger partial charge in [0.05, 0.1) is 0 Å². The van der Waals surface area contributed by atoms with E-state index in [-0.39, 0.29) is 5.91 Å². The Labute approximate surface area is 146 Å². The largest absolute Gasteiger partial charge is 0.457 e. The summed E-state index contributed by atoms with van der Waals surface area (Å²) >= 11 is 1.23. The van der Waals surface area contributed by atoms with Gasteiger partial charge in [-0.3, -0.25) is 15.1 Å². The van der Waals surface area contributed by atoms with E-state index in [0.29, 0.717) is 13.0 Å². The van der Waals surface area contributed by atoms with E-state index in [0.717, 1.165) is 34.3 Å². The second kappa shape index (κ2) is 9.32. The number of ether oxygens (including phenoxy) is 1. The number of carbonyl (C=O) groups excluding carboxylic acids is 1. The molecule has 1 fully saturated rings. The Balaban J connectivity index is 0.000000219. The molecular formula is C18H22N2O3S. The Bertz CT molecular complexity index is 644. The molecule has 0 saturated carbocycles. The number of benzene rings is 2. The molecule has 2 aromatic carbocycles. The van der Waals surface area contributed by atoms with Crippen LogP contribution in [0.15, 0.2) is 53.4 Å². The summed E-state index contributed by atoms with van der Waals surface area (Å²) in [6.07, 6.45) is 2.37. The fourth-order valence-corrected chi connectivity index (χ4v) is 2.41. The van der Waals surface area contributed by atoms with Gasteiger partial charge in [0, 0.05) is 17.9 Å². The lowest BCUT2D eigenvalue weighted by atomic mass is 10.2. The van der Waals surface area contributed by atoms with E-state index in [1.165, 1.54) is 17.5 Å². The first kappa shape index (κ1) is 18.3. The summed E-state index contributed by atoms with van der Waals surface area (Å²) in [6.45, 7) is 2.57. The summed E-state index contributed by atoms with van der Waals surface area (Å²) in [4.78, 5) is 11.5. The molecule has 5 nitrogen and oxygen atoms in total. The van der Waals surface area contributed by atoms with Crippen LogP contribution in [0.5, 0.6) is 11.5 Å². The van der Waals surface area contributed by atoms with Crippen molar-refractivity contribution < 1.29 is 14.7 Å². The summed E-state index contributed by atoms with van der Waals surface area (Å²) in [5.41, 5.74) is 1.22. The Kier molecular flexibility index (Phi) is 7.11. The van der Waals surface area contributed by atoms with Crippen LogP contribution in [0, 0.1) is 6.92 Å². The summed E-state index contributed by atoms with van der Waals surface area (Å²) in [5.74, 6) is 1.52. The zero-order valence-electron chi connectivity index (χ0n) is 13.6. The van der Waals surface area contributed by atoms with Crippen molar-refractivity contribution in [2.75, 3.05) is 6.54 Å². The van der Waals surface area contributed by atoms with E-state index < -0.39 is 0 Å². The standard InChI is InChI=1S/C13H13NOS.C5H9NO2/c1-10-2-4-11(5-3-10)15-12-6-8-13(16-14)9-7-12;7-5-3-1-2-4-6(5)8/h2-9H,14H2,1H3;8H,1-4H2. The Morgan fingerprint density at radius 1 is 1.04 bits per heavy atom. The first-order valence-electron chi connectivity index (χ1n) is 7.79. The third kappa shape index (κ3) is 5.88. The molecule has 1 heterocycles. The molecule has 0 aromatic heterocycles. The molecule has 1 aliphatic heterocycles. The molecule has 1 amide bonds. The minimum Gasteiger partial charge on any atom is -0.457 e. The monoisotopic (exact) mass is 346 g/mol. The van der Waals surface area contributed by atoms with Crippen molar-refractivity contribution in [1.82, 2.24) is 5.06 Å². The lowest BCUT2D eigenvalue weighted by Crippen LogP contribution is -2.31. The predicted octanol–water partition coefficient (Wildman–Crippen LogP) is 4.14. The third-order valence-electron chi connectivity index (χ3n) is 3.51. The molecule has 6 heteroatoms. The summed E-state index contributed by atoms with van der Waals surface area (Å²) in [6, 6.07) is 15.7. The van der Waals surface area contributed by atoms with Gasteiger partial charge in [-0.2, -0.15) is 0 Å². The number of nitrogens with two attached hydrogens (primary N) is 1. The molecule has 24 heavy (non-hydrogen) atoms. The van der Waals surface area contributed by atoms with E-state index in [4.69, 9.17) is 15.1 Å². The maximum atomic E-state index is 10.5. The number of piperidine rings is 1. The number of rotatable bonds is 3. The highest BCUT2D eigenvalue weighted by Gasteiger charge is 2.14. The van der Waals surface area contributed by atoms with Gasteiger partial charge < -0.3 is 4.74 Å². The summed E-state index contributed by atoms with van der Waals surface area (Å²) in [5, 5.41) is 14.9. The van der Waals surface area contributed by atoms with E-state index >= 15 is 0 Å². The SMILES string of the molecule is Cc1ccc(Oc2ccc(SN)cc2)cc1.O=C1CCCCN1O. The van der Waals surface area contributed by atoms with E-state index in [9.17, 15) is 4.79 Å². The average molecular weight is 346 g/mol. The molecule has 0 aliphatic carbocycles. The molecule has 0 unspecified atom stereocenters. The molecule has 0 spiro atoms. The third-order valence-corrected chi connectivity index (χ3v) is 4.06. The molecule has 1 saturated heterocycles. The van der Waals surface area contributed by atoms with Crippen molar-refractivity contribution in [2.45, 2.75) is 31.1 Å². The van der Waals surface area contributed by atoms with Gasteiger partial charge in [-0.1, -0.05) is 17.7 Å². The smallest absolute Gasteiger partial charge is 0.245 e. The molecule has 128 valence electrons. The van der Waals surface area contributed by atoms with Gasteiger partial charge in [0.2, 0.25) is 5.91 Å². The Morgan fingerprint density at radius 2 is 1.62 bits per heavy atom. The van der Waals surface area contributed by atoms with Crippen LogP contribution in [-0.2, 0) is 4.79 Å². The number of nitrogens with zero attached hydrogens (tertiary/aromatic N) is 1. The van der Waals surface area contributed by atoms with Gasteiger partial charge in [-0.05, 0) is 68.1 Å². The van der Waals surface area contributed by atoms with Crippen molar-refractivity contribution in [3.63, 3.8) is 0 Å². The fraction of sp³-hybridized carbons (Fsp3) is 0.278. The number of hydrogen-bond acceptors (Lipinski definition) is 5. The molecule has 0 radical (unpaired) electrons. The number of carbonyl (C=O) groups is 1. The van der Waals surface area contributed by atoms with Crippen molar-refractivity contribution in [3.8, 4) is 11.5 Å². The zero-order valence-corrected chi connectivity index (χ0v) is 14.5. The molecule has 1 aliphatic rings. The van der Waals surface area contributed by atoms with Gasteiger partial charge in [-0.15, -0.1) is 0 Å². The normalized spacial score (nSPS) is 14.0. The highest BCUT2D eigenvalue weighted by molar-refractivity contribution is 7.97. The predicted molar refractivity (Wildman–Crippen MR) is 95.1 cm³/mol. The minimum absolute atomic E-state index is 0.142. The van der Waals surface area contributed by atoms with Crippen molar-refractivity contribution in [2.24, 2.45) is 5.14 Å². The number of amides is 1. The Hall–Kier alpha value is -2.02. The molecule has 2 aromatic rings. The van der Waals surface area contributed by atoms with Crippen molar-refractivity contribution >= 4 is 17.9 Å². The average Bonchev–Trinajstić information content (AvgIpc) is 2.61. The molecular weight excluding hydrogens is 324 g/mol. The van der Waals surface area contributed by atoms with Gasteiger partial charge in [0.25, 0.3) is 0 Å². The molecule has 3 rings (SSSR count). The van der Waals surface area contributed by atoms with Crippen LogP contribution in [-0.4, -0.2) is 22.7 Å². The van der Waals surface area contributed by atoms with E-state index in [1.807, 2.05) is 48.5 Å². The van der Waals surface area contributed by atoms with Gasteiger partial charge in [-0.25, -0.2) is 5.06 Å². The van der Waals surface area contributed by atoms with Gasteiger partial charge in [0.1, 0.15) is 11.5 Å². The van der Waals surface area contributed by atoms with Crippen LogP contribution in [0.25, 0.3) is 0 Å². The van der Waals surface area contributed by atoms with Crippen LogP contribution in [0.4, 0.5) is 0 Å². The lowest BCUT2D eigenvalue weighted by Gasteiger charge is -2.18. The fourth-order valence-electron chi connectivity index (χ4n) is 2.12. The van der Waals surface area contributed by atoms with Gasteiger partial charge in [0.15, 0.2) is 0 Å². The highest BCUT2D eigenvalue weighted by Crippen LogP contribution is 2.23. The van der Waals surface area contributed by atoms with Crippen LogP contribution in [0.2, 0.25) is 0 Å². The summed E-state index contributed by atoms with van der Waals surface area (Å²) < 4.78 is 5.68. The molecule has 0 atom stereocenters. The highest BCUT2D eigenvalue weighted by atomic mass is 32.2. The maximum Gasteiger partial charge on any atom is 0.245 e.